The normalized spacial score (nSPS) is 10.2. The monoisotopic (exact) mass is 349 g/mol. The first-order valence-electron chi connectivity index (χ1n) is 9.63. The Morgan fingerprint density at radius 1 is 0.708 bits per heavy atom. The van der Waals surface area contributed by atoms with E-state index in [1.165, 1.54) is 70.6 Å². The Hall–Kier alpha value is -0.0600. The van der Waals surface area contributed by atoms with E-state index in [9.17, 15) is 14.7 Å². The van der Waals surface area contributed by atoms with Crippen molar-refractivity contribution in [3.8, 4) is 0 Å². The van der Waals surface area contributed by atoms with Gasteiger partial charge in [0.15, 0.2) is 0 Å². The quantitative estimate of drug-likeness (QED) is 0.311. The maximum absolute atomic E-state index is 11.4. The second-order valence-corrected chi connectivity index (χ2v) is 6.46. The number of carbonyl (C=O) groups excluding carboxylic acids is 2. The molecule has 0 saturated heterocycles. The van der Waals surface area contributed by atoms with Crippen molar-refractivity contribution in [2.75, 3.05) is 6.54 Å². The van der Waals surface area contributed by atoms with E-state index < -0.39 is 5.97 Å². The summed E-state index contributed by atoms with van der Waals surface area (Å²) < 4.78 is 0. The Kier molecular flexibility index (Phi) is 22.9. The van der Waals surface area contributed by atoms with Crippen LogP contribution in [0.5, 0.6) is 0 Å². The standard InChI is InChI=1S/C19H37NO3.Na/c1-2-3-4-5-6-7-8-9-10-11-12-13-14-15-18(21)20-17-16-19(22)23;/h2-17H2,1H3,(H,20,21)(H,22,23);/q;+1/p-1. The molecule has 0 unspecified atom stereocenters. The molecule has 0 aliphatic carbocycles. The average Bonchev–Trinajstić information content (AvgIpc) is 2.51. The van der Waals surface area contributed by atoms with Crippen molar-refractivity contribution in [1.82, 2.24) is 5.32 Å². The van der Waals surface area contributed by atoms with Gasteiger partial charge in [-0.25, -0.2) is 0 Å². The summed E-state index contributed by atoms with van der Waals surface area (Å²) in [4.78, 5) is 21.6. The molecule has 0 radical (unpaired) electrons. The summed E-state index contributed by atoms with van der Waals surface area (Å²) in [6.45, 7) is 2.43. The molecule has 0 spiro atoms. The summed E-state index contributed by atoms with van der Waals surface area (Å²) in [5, 5.41) is 12.8. The first-order valence-corrected chi connectivity index (χ1v) is 9.63. The molecular formula is C19H36NNaO3. The number of amides is 1. The zero-order valence-electron chi connectivity index (χ0n) is 16.0. The van der Waals surface area contributed by atoms with E-state index in [4.69, 9.17) is 0 Å². The first kappa shape index (κ1) is 26.2. The molecule has 0 aromatic rings. The van der Waals surface area contributed by atoms with Crippen molar-refractivity contribution in [3.63, 3.8) is 0 Å². The Morgan fingerprint density at radius 3 is 1.54 bits per heavy atom. The molecule has 0 heterocycles. The van der Waals surface area contributed by atoms with Crippen molar-refractivity contribution in [1.29, 1.82) is 0 Å². The van der Waals surface area contributed by atoms with Crippen molar-refractivity contribution in [3.05, 3.63) is 0 Å². The van der Waals surface area contributed by atoms with Crippen LogP contribution < -0.4 is 40.0 Å². The van der Waals surface area contributed by atoms with E-state index in [-0.39, 0.29) is 48.4 Å². The predicted molar refractivity (Wildman–Crippen MR) is 92.9 cm³/mol. The maximum Gasteiger partial charge on any atom is 1.00 e. The van der Waals surface area contributed by atoms with Gasteiger partial charge in [0.2, 0.25) is 5.91 Å². The number of unbranched alkanes of at least 4 members (excludes halogenated alkanes) is 12. The third-order valence-corrected chi connectivity index (χ3v) is 4.16. The minimum absolute atomic E-state index is 0. The number of aliphatic carboxylic acids is 1. The zero-order chi connectivity index (χ0) is 17.2. The summed E-state index contributed by atoms with van der Waals surface area (Å²) in [5.74, 6) is -1.17. The van der Waals surface area contributed by atoms with Crippen LogP contribution in [0.3, 0.4) is 0 Å². The maximum atomic E-state index is 11.4. The van der Waals surface area contributed by atoms with E-state index in [0.29, 0.717) is 6.42 Å². The molecule has 0 fully saturated rings. The fraction of sp³-hybridized carbons (Fsp3) is 0.895. The molecule has 0 aliphatic heterocycles. The topological polar surface area (TPSA) is 69.2 Å². The number of carbonyl (C=O) groups is 2. The van der Waals surface area contributed by atoms with Gasteiger partial charge in [-0.05, 0) is 6.42 Å². The van der Waals surface area contributed by atoms with Crippen LogP contribution >= 0.6 is 0 Å². The molecule has 136 valence electrons. The molecule has 0 bridgehead atoms. The summed E-state index contributed by atoms with van der Waals surface area (Å²) in [6, 6.07) is 0. The van der Waals surface area contributed by atoms with Gasteiger partial charge in [-0.15, -0.1) is 0 Å². The third-order valence-electron chi connectivity index (χ3n) is 4.16. The number of hydrogen-bond donors (Lipinski definition) is 1. The van der Waals surface area contributed by atoms with E-state index in [1.54, 1.807) is 0 Å². The molecule has 0 rings (SSSR count). The number of hydrogen-bond acceptors (Lipinski definition) is 3. The number of rotatable bonds is 17. The molecule has 5 heteroatoms. The molecule has 0 saturated carbocycles. The van der Waals surface area contributed by atoms with Gasteiger partial charge in [0.05, 0.1) is 0 Å². The van der Waals surface area contributed by atoms with Crippen molar-refractivity contribution >= 4 is 11.9 Å². The van der Waals surface area contributed by atoms with E-state index in [2.05, 4.69) is 12.2 Å². The summed E-state index contributed by atoms with van der Waals surface area (Å²) >= 11 is 0. The Morgan fingerprint density at radius 2 is 1.12 bits per heavy atom. The molecule has 0 aromatic heterocycles. The Balaban J connectivity index is 0. The van der Waals surface area contributed by atoms with Crippen LogP contribution in [-0.4, -0.2) is 18.4 Å². The van der Waals surface area contributed by atoms with E-state index in [1.807, 2.05) is 0 Å². The molecule has 4 nitrogen and oxygen atoms in total. The number of carboxylic acid groups (broad SMARTS) is 1. The van der Waals surface area contributed by atoms with Gasteiger partial charge in [0, 0.05) is 25.4 Å². The number of nitrogens with one attached hydrogen (secondary N) is 1. The molecule has 1 N–H and O–H groups in total. The average molecular weight is 349 g/mol. The van der Waals surface area contributed by atoms with Gasteiger partial charge in [0.1, 0.15) is 0 Å². The SMILES string of the molecule is CCCCCCCCCCCCCCCC(=O)NCCC(=O)[O-].[Na+]. The van der Waals surface area contributed by atoms with Crippen LogP contribution in [0.4, 0.5) is 0 Å². The Bertz CT molecular complexity index is 298. The van der Waals surface area contributed by atoms with Gasteiger partial charge in [-0.2, -0.15) is 0 Å². The Labute approximate surface area is 170 Å². The summed E-state index contributed by atoms with van der Waals surface area (Å²) in [7, 11) is 0. The van der Waals surface area contributed by atoms with E-state index >= 15 is 0 Å². The van der Waals surface area contributed by atoms with Gasteiger partial charge in [-0.3, -0.25) is 4.79 Å². The zero-order valence-corrected chi connectivity index (χ0v) is 18.0. The van der Waals surface area contributed by atoms with Gasteiger partial charge in [-0.1, -0.05) is 84.0 Å². The summed E-state index contributed by atoms with van der Waals surface area (Å²) in [6.07, 6.45) is 17.2. The third kappa shape index (κ3) is 21.9. The van der Waals surface area contributed by atoms with Crippen LogP contribution in [0.1, 0.15) is 103 Å². The van der Waals surface area contributed by atoms with Gasteiger partial charge >= 0.3 is 29.6 Å². The molecule has 0 aliphatic rings. The fourth-order valence-corrected chi connectivity index (χ4v) is 2.70. The molecule has 0 atom stereocenters. The van der Waals surface area contributed by atoms with Crippen LogP contribution in [-0.2, 0) is 9.59 Å². The predicted octanol–water partition coefficient (Wildman–Crippen LogP) is 0.728. The van der Waals surface area contributed by atoms with Crippen molar-refractivity contribution in [2.24, 2.45) is 0 Å². The summed E-state index contributed by atoms with van der Waals surface area (Å²) in [5.41, 5.74) is 0. The minimum Gasteiger partial charge on any atom is -0.550 e. The minimum atomic E-state index is -1.12. The van der Waals surface area contributed by atoms with Crippen LogP contribution in [0.25, 0.3) is 0 Å². The molecule has 1 amide bonds. The van der Waals surface area contributed by atoms with Gasteiger partial charge in [0.25, 0.3) is 0 Å². The smallest absolute Gasteiger partial charge is 0.550 e. The van der Waals surface area contributed by atoms with Crippen LogP contribution in [0, 0.1) is 0 Å². The number of carboxylic acids is 1. The van der Waals surface area contributed by atoms with Crippen molar-refractivity contribution < 1.29 is 44.3 Å². The fourth-order valence-electron chi connectivity index (χ4n) is 2.70. The van der Waals surface area contributed by atoms with Gasteiger partial charge < -0.3 is 15.2 Å². The van der Waals surface area contributed by atoms with Crippen molar-refractivity contribution in [2.45, 2.75) is 103 Å². The van der Waals surface area contributed by atoms with E-state index in [0.717, 1.165) is 12.8 Å². The first-order chi connectivity index (χ1) is 11.2. The second kappa shape index (κ2) is 21.0. The molecule has 0 aromatic carbocycles. The van der Waals surface area contributed by atoms with Crippen LogP contribution in [0.15, 0.2) is 0 Å². The largest absolute Gasteiger partial charge is 1.00 e. The second-order valence-electron chi connectivity index (χ2n) is 6.46. The van der Waals surface area contributed by atoms with Crippen LogP contribution in [0.2, 0.25) is 0 Å². The molecular weight excluding hydrogens is 313 g/mol. The molecule has 24 heavy (non-hydrogen) atoms.